The molecule has 2 rings (SSSR count). The summed E-state index contributed by atoms with van der Waals surface area (Å²) in [7, 11) is 0. The monoisotopic (exact) mass is 287 g/mol. The molecule has 1 N–H and O–H groups in total. The number of nitrogens with zero attached hydrogens (tertiary/aromatic N) is 2. The SMILES string of the molecule is Cc1c(Br)cccc1Nc1ccc(C#N)cn1. The van der Waals surface area contributed by atoms with Crippen molar-refractivity contribution in [2.75, 3.05) is 5.32 Å². The predicted molar refractivity (Wildman–Crippen MR) is 71.1 cm³/mol. The third-order valence-electron chi connectivity index (χ3n) is 2.42. The summed E-state index contributed by atoms with van der Waals surface area (Å²) < 4.78 is 1.05. The zero-order valence-electron chi connectivity index (χ0n) is 9.24. The molecule has 0 saturated heterocycles. The van der Waals surface area contributed by atoms with Gasteiger partial charge in [-0.05, 0) is 36.8 Å². The Balaban J connectivity index is 2.26. The minimum Gasteiger partial charge on any atom is -0.340 e. The molecule has 0 aliphatic carbocycles. The number of hydrogen-bond donors (Lipinski definition) is 1. The van der Waals surface area contributed by atoms with Crippen molar-refractivity contribution in [2.24, 2.45) is 0 Å². The summed E-state index contributed by atoms with van der Waals surface area (Å²) in [5.74, 6) is 0.727. The number of rotatable bonds is 2. The molecule has 0 amide bonds. The number of nitriles is 1. The summed E-state index contributed by atoms with van der Waals surface area (Å²) in [6.45, 7) is 2.02. The Morgan fingerprint density at radius 3 is 2.76 bits per heavy atom. The minimum absolute atomic E-state index is 0.557. The Morgan fingerprint density at radius 1 is 1.29 bits per heavy atom. The van der Waals surface area contributed by atoms with Crippen LogP contribution in [0.1, 0.15) is 11.1 Å². The summed E-state index contributed by atoms with van der Waals surface area (Å²) in [6, 6.07) is 11.5. The lowest BCUT2D eigenvalue weighted by Gasteiger charge is -2.09. The number of aromatic nitrogens is 1. The Labute approximate surface area is 108 Å². The lowest BCUT2D eigenvalue weighted by Crippen LogP contribution is -1.96. The van der Waals surface area contributed by atoms with Crippen LogP contribution in [0.5, 0.6) is 0 Å². The highest BCUT2D eigenvalue weighted by molar-refractivity contribution is 9.10. The van der Waals surface area contributed by atoms with Gasteiger partial charge in [-0.3, -0.25) is 0 Å². The van der Waals surface area contributed by atoms with Crippen LogP contribution in [0.4, 0.5) is 11.5 Å². The van der Waals surface area contributed by atoms with E-state index >= 15 is 0 Å². The second kappa shape index (κ2) is 4.98. The van der Waals surface area contributed by atoms with Crippen molar-refractivity contribution >= 4 is 27.4 Å². The highest BCUT2D eigenvalue weighted by Crippen LogP contribution is 2.25. The van der Waals surface area contributed by atoms with Crippen LogP contribution in [0, 0.1) is 18.3 Å². The van der Waals surface area contributed by atoms with Crippen LogP contribution in [0.3, 0.4) is 0 Å². The standard InChI is InChI=1S/C13H10BrN3/c1-9-11(14)3-2-4-12(9)17-13-6-5-10(7-15)8-16-13/h2-6,8H,1H3,(H,16,17). The van der Waals surface area contributed by atoms with E-state index in [-0.39, 0.29) is 0 Å². The van der Waals surface area contributed by atoms with E-state index in [9.17, 15) is 0 Å². The molecule has 3 nitrogen and oxygen atoms in total. The van der Waals surface area contributed by atoms with Gasteiger partial charge in [0.1, 0.15) is 11.9 Å². The highest BCUT2D eigenvalue weighted by Gasteiger charge is 2.02. The first kappa shape index (κ1) is 11.6. The van der Waals surface area contributed by atoms with Gasteiger partial charge in [0.2, 0.25) is 0 Å². The topological polar surface area (TPSA) is 48.7 Å². The smallest absolute Gasteiger partial charge is 0.130 e. The van der Waals surface area contributed by atoms with Crippen LogP contribution >= 0.6 is 15.9 Å². The Hall–Kier alpha value is -1.86. The molecule has 4 heteroatoms. The number of benzene rings is 1. The molecule has 0 fully saturated rings. The van der Waals surface area contributed by atoms with Crippen LogP contribution in [0.2, 0.25) is 0 Å². The van der Waals surface area contributed by atoms with E-state index in [1.165, 1.54) is 0 Å². The normalized spacial score (nSPS) is 9.71. The van der Waals surface area contributed by atoms with Crippen molar-refractivity contribution in [2.45, 2.75) is 6.92 Å². The summed E-state index contributed by atoms with van der Waals surface area (Å²) in [6.07, 6.45) is 1.55. The van der Waals surface area contributed by atoms with Crippen molar-refractivity contribution < 1.29 is 0 Å². The molecule has 1 aromatic heterocycles. The first-order valence-corrected chi connectivity index (χ1v) is 5.88. The molecular weight excluding hydrogens is 278 g/mol. The van der Waals surface area contributed by atoms with Gasteiger partial charge in [0.25, 0.3) is 0 Å². The Bertz CT molecular complexity index is 570. The number of hydrogen-bond acceptors (Lipinski definition) is 3. The number of nitrogens with one attached hydrogen (secondary N) is 1. The van der Waals surface area contributed by atoms with Crippen molar-refractivity contribution in [1.82, 2.24) is 4.98 Å². The van der Waals surface area contributed by atoms with Crippen LogP contribution in [0.25, 0.3) is 0 Å². The summed E-state index contributed by atoms with van der Waals surface area (Å²) in [5.41, 5.74) is 2.68. The molecule has 1 heterocycles. The molecular formula is C13H10BrN3. The number of pyridine rings is 1. The third-order valence-corrected chi connectivity index (χ3v) is 3.28. The first-order chi connectivity index (χ1) is 8.20. The van der Waals surface area contributed by atoms with Gasteiger partial charge < -0.3 is 5.32 Å². The second-order valence-electron chi connectivity index (χ2n) is 3.58. The average molecular weight is 288 g/mol. The van der Waals surface area contributed by atoms with Crippen LogP contribution in [-0.2, 0) is 0 Å². The van der Waals surface area contributed by atoms with E-state index in [0.29, 0.717) is 5.56 Å². The van der Waals surface area contributed by atoms with Crippen molar-refractivity contribution in [3.05, 3.63) is 52.1 Å². The van der Waals surface area contributed by atoms with Crippen LogP contribution < -0.4 is 5.32 Å². The molecule has 0 aliphatic heterocycles. The zero-order valence-corrected chi connectivity index (χ0v) is 10.8. The van der Waals surface area contributed by atoms with E-state index in [1.54, 1.807) is 18.3 Å². The maximum Gasteiger partial charge on any atom is 0.130 e. The van der Waals surface area contributed by atoms with Gasteiger partial charge in [0.05, 0.1) is 5.56 Å². The minimum atomic E-state index is 0.557. The first-order valence-electron chi connectivity index (χ1n) is 5.09. The molecule has 1 aromatic carbocycles. The quantitative estimate of drug-likeness (QED) is 0.915. The molecule has 84 valence electrons. The molecule has 0 radical (unpaired) electrons. The molecule has 0 spiro atoms. The van der Waals surface area contributed by atoms with Gasteiger partial charge in [0, 0.05) is 16.4 Å². The van der Waals surface area contributed by atoms with Gasteiger partial charge in [-0.1, -0.05) is 22.0 Å². The molecule has 0 atom stereocenters. The predicted octanol–water partition coefficient (Wildman–Crippen LogP) is 3.77. The molecule has 2 aromatic rings. The Morgan fingerprint density at radius 2 is 2.12 bits per heavy atom. The molecule has 0 aliphatic rings. The second-order valence-corrected chi connectivity index (χ2v) is 4.44. The van der Waals surface area contributed by atoms with E-state index in [4.69, 9.17) is 5.26 Å². The van der Waals surface area contributed by atoms with Gasteiger partial charge in [-0.25, -0.2) is 4.98 Å². The van der Waals surface area contributed by atoms with Crippen LogP contribution in [0.15, 0.2) is 41.0 Å². The average Bonchev–Trinajstić information content (AvgIpc) is 2.36. The molecule has 0 saturated carbocycles. The van der Waals surface area contributed by atoms with E-state index in [1.807, 2.05) is 31.2 Å². The zero-order chi connectivity index (χ0) is 12.3. The summed E-state index contributed by atoms with van der Waals surface area (Å²) in [4.78, 5) is 4.17. The van der Waals surface area contributed by atoms with Gasteiger partial charge in [-0.2, -0.15) is 5.26 Å². The lowest BCUT2D eigenvalue weighted by atomic mass is 10.2. The van der Waals surface area contributed by atoms with Crippen molar-refractivity contribution in [3.8, 4) is 6.07 Å². The highest BCUT2D eigenvalue weighted by atomic mass is 79.9. The lowest BCUT2D eigenvalue weighted by molar-refractivity contribution is 1.27. The fourth-order valence-corrected chi connectivity index (χ4v) is 1.78. The number of halogens is 1. The fourth-order valence-electron chi connectivity index (χ4n) is 1.41. The third kappa shape index (κ3) is 2.63. The van der Waals surface area contributed by atoms with Crippen LogP contribution in [-0.4, -0.2) is 4.98 Å². The van der Waals surface area contributed by atoms with E-state index < -0.39 is 0 Å². The molecule has 0 bridgehead atoms. The summed E-state index contributed by atoms with van der Waals surface area (Å²) >= 11 is 3.48. The maximum absolute atomic E-state index is 8.68. The number of anilines is 2. The van der Waals surface area contributed by atoms with Gasteiger partial charge in [-0.15, -0.1) is 0 Å². The Kier molecular flexibility index (Phi) is 3.40. The molecule has 17 heavy (non-hydrogen) atoms. The van der Waals surface area contributed by atoms with Gasteiger partial charge >= 0.3 is 0 Å². The maximum atomic E-state index is 8.68. The van der Waals surface area contributed by atoms with Crippen molar-refractivity contribution in [1.29, 1.82) is 5.26 Å². The van der Waals surface area contributed by atoms with Gasteiger partial charge in [0.15, 0.2) is 0 Å². The summed E-state index contributed by atoms with van der Waals surface area (Å²) in [5, 5.41) is 11.9. The van der Waals surface area contributed by atoms with E-state index in [0.717, 1.165) is 21.5 Å². The van der Waals surface area contributed by atoms with Crippen molar-refractivity contribution in [3.63, 3.8) is 0 Å². The van der Waals surface area contributed by atoms with E-state index in [2.05, 4.69) is 26.2 Å². The largest absolute Gasteiger partial charge is 0.340 e. The molecule has 0 unspecified atom stereocenters. The fraction of sp³-hybridized carbons (Fsp3) is 0.0769.